The summed E-state index contributed by atoms with van der Waals surface area (Å²) in [6, 6.07) is 3.49. The first-order chi connectivity index (χ1) is 10.6. The molecule has 0 radical (unpaired) electrons. The van der Waals surface area contributed by atoms with Crippen LogP contribution in [0.2, 0.25) is 0 Å². The molecule has 1 N–H and O–H groups in total. The fourth-order valence-corrected chi connectivity index (χ4v) is 2.79. The lowest BCUT2D eigenvalue weighted by atomic mass is 9.92. The summed E-state index contributed by atoms with van der Waals surface area (Å²) in [5.41, 5.74) is 0.400. The number of carbonyl (C=O) groups is 1. The zero-order valence-electron chi connectivity index (χ0n) is 13.4. The van der Waals surface area contributed by atoms with Gasteiger partial charge < -0.3 is 19.5 Å². The Morgan fingerprint density at radius 3 is 2.59 bits per heavy atom. The summed E-state index contributed by atoms with van der Waals surface area (Å²) in [5, 5.41) is 9.42. The van der Waals surface area contributed by atoms with Gasteiger partial charge >= 0.3 is 0 Å². The van der Waals surface area contributed by atoms with Crippen molar-refractivity contribution in [1.82, 2.24) is 0 Å². The SMILES string of the molecule is C=CCN1C(=O)C(CC)(CC)Oc2c(OC)cc(CO)cc21. The van der Waals surface area contributed by atoms with E-state index in [0.717, 1.165) is 0 Å². The molecule has 0 bridgehead atoms. The number of anilines is 1. The minimum atomic E-state index is -0.885. The van der Waals surface area contributed by atoms with Crippen molar-refractivity contribution in [3.05, 3.63) is 30.4 Å². The van der Waals surface area contributed by atoms with Crippen LogP contribution in [-0.4, -0.2) is 30.3 Å². The van der Waals surface area contributed by atoms with Crippen molar-refractivity contribution in [2.24, 2.45) is 0 Å². The number of hydrogen-bond donors (Lipinski definition) is 1. The van der Waals surface area contributed by atoms with Crippen molar-refractivity contribution < 1.29 is 19.4 Å². The maximum Gasteiger partial charge on any atom is 0.271 e. The zero-order chi connectivity index (χ0) is 16.3. The highest BCUT2D eigenvalue weighted by atomic mass is 16.5. The minimum absolute atomic E-state index is 0.0814. The van der Waals surface area contributed by atoms with Gasteiger partial charge in [0.15, 0.2) is 17.1 Å². The Labute approximate surface area is 131 Å². The highest BCUT2D eigenvalue weighted by Gasteiger charge is 2.46. The van der Waals surface area contributed by atoms with Crippen LogP contribution in [-0.2, 0) is 11.4 Å². The number of carbonyl (C=O) groups excluding carboxylic acids is 1. The summed E-state index contributed by atoms with van der Waals surface area (Å²) in [6.45, 7) is 7.86. The van der Waals surface area contributed by atoms with Crippen LogP contribution < -0.4 is 14.4 Å². The smallest absolute Gasteiger partial charge is 0.271 e. The Hall–Kier alpha value is -2.01. The van der Waals surface area contributed by atoms with E-state index in [4.69, 9.17) is 9.47 Å². The summed E-state index contributed by atoms with van der Waals surface area (Å²) >= 11 is 0. The molecule has 0 spiro atoms. The molecule has 2 rings (SSSR count). The Morgan fingerprint density at radius 2 is 2.09 bits per heavy atom. The molecule has 0 fully saturated rings. The molecular weight excluding hydrogens is 282 g/mol. The molecule has 0 aliphatic carbocycles. The Morgan fingerprint density at radius 1 is 1.41 bits per heavy atom. The van der Waals surface area contributed by atoms with Crippen LogP contribution in [0.25, 0.3) is 0 Å². The van der Waals surface area contributed by atoms with Gasteiger partial charge in [-0.05, 0) is 30.5 Å². The van der Waals surface area contributed by atoms with Crippen molar-refractivity contribution in [3.8, 4) is 11.5 Å². The van der Waals surface area contributed by atoms with Gasteiger partial charge in [0.1, 0.15) is 0 Å². The van der Waals surface area contributed by atoms with Gasteiger partial charge in [0, 0.05) is 6.54 Å². The Bertz CT molecular complexity index is 578. The van der Waals surface area contributed by atoms with Crippen LogP contribution in [0.3, 0.4) is 0 Å². The molecule has 0 aromatic heterocycles. The van der Waals surface area contributed by atoms with E-state index in [2.05, 4.69) is 6.58 Å². The molecule has 1 amide bonds. The second kappa shape index (κ2) is 6.40. The van der Waals surface area contributed by atoms with E-state index in [-0.39, 0.29) is 12.5 Å². The van der Waals surface area contributed by atoms with Crippen molar-refractivity contribution in [2.45, 2.75) is 38.9 Å². The number of ether oxygens (including phenoxy) is 2. The maximum absolute atomic E-state index is 12.9. The molecule has 120 valence electrons. The molecule has 0 atom stereocenters. The summed E-state index contributed by atoms with van der Waals surface area (Å²) in [5.74, 6) is 0.987. The van der Waals surface area contributed by atoms with Gasteiger partial charge in [-0.25, -0.2) is 0 Å². The average Bonchev–Trinajstić information content (AvgIpc) is 2.56. The number of nitrogens with zero attached hydrogens (tertiary/aromatic N) is 1. The molecule has 5 nitrogen and oxygen atoms in total. The Balaban J connectivity index is 2.67. The van der Waals surface area contributed by atoms with Gasteiger partial charge in [-0.2, -0.15) is 0 Å². The summed E-state index contributed by atoms with van der Waals surface area (Å²) in [7, 11) is 1.55. The lowest BCUT2D eigenvalue weighted by Crippen LogP contribution is -2.55. The fraction of sp³-hybridized carbons (Fsp3) is 0.471. The second-order valence-electron chi connectivity index (χ2n) is 5.31. The number of aliphatic hydroxyl groups excluding tert-OH is 1. The fourth-order valence-electron chi connectivity index (χ4n) is 2.79. The topological polar surface area (TPSA) is 59.0 Å². The molecule has 0 unspecified atom stereocenters. The third-order valence-corrected chi connectivity index (χ3v) is 4.17. The number of hydrogen-bond acceptors (Lipinski definition) is 4. The number of benzene rings is 1. The zero-order valence-corrected chi connectivity index (χ0v) is 13.4. The van der Waals surface area contributed by atoms with Crippen LogP contribution >= 0.6 is 0 Å². The molecular formula is C17H23NO4. The molecule has 0 saturated heterocycles. The number of methoxy groups -OCH3 is 1. The van der Waals surface area contributed by atoms with Crippen LogP contribution in [0.5, 0.6) is 11.5 Å². The molecule has 1 aromatic rings. The van der Waals surface area contributed by atoms with E-state index in [1.165, 1.54) is 0 Å². The molecule has 0 saturated carbocycles. The van der Waals surface area contributed by atoms with E-state index in [9.17, 15) is 9.90 Å². The van der Waals surface area contributed by atoms with E-state index in [0.29, 0.717) is 42.1 Å². The van der Waals surface area contributed by atoms with E-state index >= 15 is 0 Å². The maximum atomic E-state index is 12.9. The summed E-state index contributed by atoms with van der Waals surface area (Å²) < 4.78 is 11.5. The molecule has 1 aliphatic heterocycles. The second-order valence-corrected chi connectivity index (χ2v) is 5.31. The first-order valence-electron chi connectivity index (χ1n) is 7.50. The highest BCUT2D eigenvalue weighted by Crippen LogP contribution is 2.46. The first-order valence-corrected chi connectivity index (χ1v) is 7.50. The normalized spacial score (nSPS) is 16.0. The van der Waals surface area contributed by atoms with Crippen molar-refractivity contribution in [2.75, 3.05) is 18.6 Å². The predicted molar refractivity (Wildman–Crippen MR) is 85.4 cm³/mol. The average molecular weight is 305 g/mol. The third kappa shape index (κ3) is 2.46. The van der Waals surface area contributed by atoms with Crippen LogP contribution in [0.4, 0.5) is 5.69 Å². The first kappa shape index (κ1) is 16.4. The van der Waals surface area contributed by atoms with Crippen LogP contribution in [0.15, 0.2) is 24.8 Å². The predicted octanol–water partition coefficient (Wildman–Crippen LogP) is 2.66. The van der Waals surface area contributed by atoms with Crippen LogP contribution in [0, 0.1) is 0 Å². The summed E-state index contributed by atoms with van der Waals surface area (Å²) in [4.78, 5) is 14.6. The van der Waals surface area contributed by atoms with Gasteiger partial charge in [0.25, 0.3) is 5.91 Å². The molecule has 22 heavy (non-hydrogen) atoms. The standard InChI is InChI=1S/C17H23NO4/c1-5-8-18-13-9-12(11-19)10-14(21-4)15(13)22-17(6-2,7-3)16(18)20/h5,9-10,19H,1,6-8,11H2,2-4H3. The van der Waals surface area contributed by atoms with E-state index in [1.807, 2.05) is 13.8 Å². The van der Waals surface area contributed by atoms with Gasteiger partial charge in [0.2, 0.25) is 0 Å². The third-order valence-electron chi connectivity index (χ3n) is 4.17. The number of rotatable bonds is 6. The number of fused-ring (bicyclic) bond motifs is 1. The van der Waals surface area contributed by atoms with Gasteiger partial charge in [0.05, 0.1) is 19.4 Å². The van der Waals surface area contributed by atoms with E-state index < -0.39 is 5.60 Å². The minimum Gasteiger partial charge on any atom is -0.493 e. The molecule has 5 heteroatoms. The monoisotopic (exact) mass is 305 g/mol. The summed E-state index contributed by atoms with van der Waals surface area (Å²) in [6.07, 6.45) is 2.82. The number of amides is 1. The number of aliphatic hydroxyl groups is 1. The largest absolute Gasteiger partial charge is 0.493 e. The lowest BCUT2D eigenvalue weighted by molar-refractivity contribution is -0.136. The van der Waals surface area contributed by atoms with Crippen molar-refractivity contribution in [1.29, 1.82) is 0 Å². The van der Waals surface area contributed by atoms with Crippen LogP contribution in [0.1, 0.15) is 32.3 Å². The highest BCUT2D eigenvalue weighted by molar-refractivity contribution is 6.03. The van der Waals surface area contributed by atoms with Crippen molar-refractivity contribution >= 4 is 11.6 Å². The Kier molecular flexibility index (Phi) is 4.76. The molecule has 1 aliphatic rings. The molecule has 1 aromatic carbocycles. The van der Waals surface area contributed by atoms with Gasteiger partial charge in [-0.15, -0.1) is 6.58 Å². The molecule has 1 heterocycles. The van der Waals surface area contributed by atoms with Gasteiger partial charge in [-0.1, -0.05) is 19.9 Å². The van der Waals surface area contributed by atoms with Crippen molar-refractivity contribution in [3.63, 3.8) is 0 Å². The van der Waals surface area contributed by atoms with E-state index in [1.54, 1.807) is 30.2 Å². The quantitative estimate of drug-likeness (QED) is 0.821. The lowest BCUT2D eigenvalue weighted by Gasteiger charge is -2.42. The van der Waals surface area contributed by atoms with Gasteiger partial charge in [-0.3, -0.25) is 4.79 Å².